The number of hydrogen-bond acceptors (Lipinski definition) is 1. The number of benzene rings is 2. The summed E-state index contributed by atoms with van der Waals surface area (Å²) in [5.41, 5.74) is 3.04. The Morgan fingerprint density at radius 2 is 1.74 bits per heavy atom. The molecule has 3 heteroatoms. The molecular formula is C20H24ClFO. The van der Waals surface area contributed by atoms with Gasteiger partial charge in [0.15, 0.2) is 6.17 Å². The predicted molar refractivity (Wildman–Crippen MR) is 95.3 cm³/mol. The Labute approximate surface area is 143 Å². The molecule has 0 fully saturated rings. The summed E-state index contributed by atoms with van der Waals surface area (Å²) < 4.78 is 20.7. The number of aryl methyl sites for hydroxylation is 2. The summed E-state index contributed by atoms with van der Waals surface area (Å²) in [5.74, 6) is 1.22. The maximum atomic E-state index is 15.1. The minimum Gasteiger partial charge on any atom is -0.493 e. The summed E-state index contributed by atoms with van der Waals surface area (Å²) in [6.07, 6.45) is -0.470. The Hall–Kier alpha value is -1.54. The maximum absolute atomic E-state index is 15.1. The Kier molecular flexibility index (Phi) is 6.06. The Bertz CT molecular complexity index is 649. The van der Waals surface area contributed by atoms with Gasteiger partial charge in [-0.05, 0) is 48.1 Å². The van der Waals surface area contributed by atoms with E-state index in [1.807, 2.05) is 38.1 Å². The van der Waals surface area contributed by atoms with Gasteiger partial charge in [-0.1, -0.05) is 56.6 Å². The van der Waals surface area contributed by atoms with Crippen LogP contribution in [0.3, 0.4) is 0 Å². The van der Waals surface area contributed by atoms with Crippen molar-refractivity contribution in [1.29, 1.82) is 0 Å². The average Bonchev–Trinajstić information content (AvgIpc) is 2.55. The lowest BCUT2D eigenvalue weighted by Gasteiger charge is -2.17. The molecule has 1 unspecified atom stereocenters. The van der Waals surface area contributed by atoms with Crippen molar-refractivity contribution in [1.82, 2.24) is 0 Å². The molecule has 0 aliphatic carbocycles. The molecule has 0 saturated heterocycles. The van der Waals surface area contributed by atoms with Crippen LogP contribution in [0.5, 0.6) is 5.75 Å². The van der Waals surface area contributed by atoms with E-state index in [1.165, 1.54) is 0 Å². The van der Waals surface area contributed by atoms with Crippen LogP contribution in [0.2, 0.25) is 5.02 Å². The quantitative estimate of drug-likeness (QED) is 0.602. The fourth-order valence-corrected chi connectivity index (χ4v) is 2.77. The third kappa shape index (κ3) is 4.26. The molecule has 0 bridgehead atoms. The zero-order valence-electron chi connectivity index (χ0n) is 14.2. The van der Waals surface area contributed by atoms with Gasteiger partial charge in [0.1, 0.15) is 5.75 Å². The van der Waals surface area contributed by atoms with Gasteiger partial charge in [0, 0.05) is 5.56 Å². The van der Waals surface area contributed by atoms with Crippen molar-refractivity contribution < 1.29 is 9.13 Å². The highest BCUT2D eigenvalue weighted by Gasteiger charge is 2.20. The van der Waals surface area contributed by atoms with E-state index in [1.54, 1.807) is 12.1 Å². The van der Waals surface area contributed by atoms with Crippen LogP contribution in [0.25, 0.3) is 0 Å². The SMILES string of the molecule is CCc1ccc(C)c(Cl)c1C(F)c1ccc(OCC(C)C)cc1. The first-order valence-electron chi connectivity index (χ1n) is 8.08. The third-order valence-electron chi connectivity index (χ3n) is 3.85. The molecule has 0 amide bonds. The number of ether oxygens (including phenoxy) is 1. The van der Waals surface area contributed by atoms with E-state index in [0.717, 1.165) is 23.3 Å². The molecule has 23 heavy (non-hydrogen) atoms. The van der Waals surface area contributed by atoms with Gasteiger partial charge in [-0.3, -0.25) is 0 Å². The molecule has 0 radical (unpaired) electrons. The minimum absolute atomic E-state index is 0.460. The molecule has 2 aromatic rings. The van der Waals surface area contributed by atoms with Crippen molar-refractivity contribution in [2.24, 2.45) is 5.92 Å². The second-order valence-corrected chi connectivity index (χ2v) is 6.64. The fraction of sp³-hybridized carbons (Fsp3) is 0.400. The Morgan fingerprint density at radius 1 is 1.09 bits per heavy atom. The van der Waals surface area contributed by atoms with E-state index in [2.05, 4.69) is 13.8 Å². The van der Waals surface area contributed by atoms with Gasteiger partial charge in [0.05, 0.1) is 11.6 Å². The molecule has 124 valence electrons. The number of rotatable bonds is 6. The first kappa shape index (κ1) is 17.8. The van der Waals surface area contributed by atoms with Crippen LogP contribution in [0.15, 0.2) is 36.4 Å². The first-order chi connectivity index (χ1) is 10.9. The number of alkyl halides is 1. The van der Waals surface area contributed by atoms with Crippen molar-refractivity contribution in [3.8, 4) is 5.75 Å². The fourth-order valence-electron chi connectivity index (χ4n) is 2.49. The summed E-state index contributed by atoms with van der Waals surface area (Å²) in [4.78, 5) is 0. The van der Waals surface area contributed by atoms with E-state index in [4.69, 9.17) is 16.3 Å². The van der Waals surface area contributed by atoms with Crippen molar-refractivity contribution in [2.45, 2.75) is 40.3 Å². The van der Waals surface area contributed by atoms with Crippen LogP contribution >= 0.6 is 11.6 Å². The molecule has 2 rings (SSSR count). The topological polar surface area (TPSA) is 9.23 Å². The molecule has 2 aromatic carbocycles. The van der Waals surface area contributed by atoms with Crippen molar-refractivity contribution in [3.05, 3.63) is 63.7 Å². The van der Waals surface area contributed by atoms with Crippen LogP contribution < -0.4 is 4.74 Å². The second-order valence-electron chi connectivity index (χ2n) is 6.26. The second kappa shape index (κ2) is 7.83. The summed E-state index contributed by atoms with van der Waals surface area (Å²) in [7, 11) is 0. The first-order valence-corrected chi connectivity index (χ1v) is 8.46. The maximum Gasteiger partial charge on any atom is 0.152 e. The Balaban J connectivity index is 2.27. The largest absolute Gasteiger partial charge is 0.493 e. The molecule has 0 aliphatic rings. The summed E-state index contributed by atoms with van der Waals surface area (Å²) in [6.45, 7) is 8.76. The van der Waals surface area contributed by atoms with Gasteiger partial charge >= 0.3 is 0 Å². The van der Waals surface area contributed by atoms with Crippen molar-refractivity contribution in [3.63, 3.8) is 0 Å². The Morgan fingerprint density at radius 3 is 2.30 bits per heavy atom. The molecule has 1 nitrogen and oxygen atoms in total. The van der Waals surface area contributed by atoms with Gasteiger partial charge in [-0.15, -0.1) is 0 Å². The van der Waals surface area contributed by atoms with Crippen LogP contribution in [-0.4, -0.2) is 6.61 Å². The monoisotopic (exact) mass is 334 g/mol. The molecule has 1 atom stereocenters. The van der Waals surface area contributed by atoms with E-state index >= 15 is 4.39 Å². The number of hydrogen-bond donors (Lipinski definition) is 0. The van der Waals surface area contributed by atoms with Gasteiger partial charge in [-0.25, -0.2) is 4.39 Å². The van der Waals surface area contributed by atoms with Crippen molar-refractivity contribution in [2.75, 3.05) is 6.61 Å². The molecule has 0 aliphatic heterocycles. The van der Waals surface area contributed by atoms with Gasteiger partial charge in [0.25, 0.3) is 0 Å². The zero-order chi connectivity index (χ0) is 17.0. The van der Waals surface area contributed by atoms with Gasteiger partial charge < -0.3 is 4.74 Å². The lowest BCUT2D eigenvalue weighted by molar-refractivity contribution is 0.271. The average molecular weight is 335 g/mol. The molecule has 0 aromatic heterocycles. The smallest absolute Gasteiger partial charge is 0.152 e. The summed E-state index contributed by atoms with van der Waals surface area (Å²) >= 11 is 6.37. The van der Waals surface area contributed by atoms with Crippen LogP contribution in [-0.2, 0) is 6.42 Å². The molecular weight excluding hydrogens is 311 g/mol. The highest BCUT2D eigenvalue weighted by molar-refractivity contribution is 6.32. The summed E-state index contributed by atoms with van der Waals surface area (Å²) in [5, 5.41) is 0.525. The summed E-state index contributed by atoms with van der Waals surface area (Å²) in [6, 6.07) is 11.1. The molecule has 0 heterocycles. The van der Waals surface area contributed by atoms with E-state index in [-0.39, 0.29) is 0 Å². The van der Waals surface area contributed by atoms with Gasteiger partial charge in [-0.2, -0.15) is 0 Å². The van der Waals surface area contributed by atoms with Crippen LogP contribution in [0, 0.1) is 12.8 Å². The zero-order valence-corrected chi connectivity index (χ0v) is 15.0. The highest BCUT2D eigenvalue weighted by atomic mass is 35.5. The van der Waals surface area contributed by atoms with E-state index in [9.17, 15) is 0 Å². The highest BCUT2D eigenvalue weighted by Crippen LogP contribution is 2.36. The van der Waals surface area contributed by atoms with Crippen molar-refractivity contribution >= 4 is 11.6 Å². The van der Waals surface area contributed by atoms with E-state index < -0.39 is 6.17 Å². The normalized spacial score (nSPS) is 12.5. The predicted octanol–water partition coefficient (Wildman–Crippen LogP) is 6.30. The van der Waals surface area contributed by atoms with Crippen LogP contribution in [0.1, 0.15) is 49.2 Å². The van der Waals surface area contributed by atoms with Crippen LogP contribution in [0.4, 0.5) is 4.39 Å². The number of halogens is 2. The molecule has 0 spiro atoms. The van der Waals surface area contributed by atoms with E-state index in [0.29, 0.717) is 28.7 Å². The minimum atomic E-state index is -1.23. The van der Waals surface area contributed by atoms with Gasteiger partial charge in [0.2, 0.25) is 0 Å². The standard InChI is InChI=1S/C20H24ClFO/c1-5-15-7-6-14(4)19(21)18(15)20(22)16-8-10-17(11-9-16)23-12-13(2)3/h6-11,13,20H,5,12H2,1-4H3. The molecule has 0 saturated carbocycles. The molecule has 0 N–H and O–H groups in total. The lowest BCUT2D eigenvalue weighted by atomic mass is 9.94. The third-order valence-corrected chi connectivity index (χ3v) is 4.36. The lowest BCUT2D eigenvalue weighted by Crippen LogP contribution is -2.05.